The lowest BCUT2D eigenvalue weighted by Gasteiger charge is -2.20. The molecule has 0 saturated carbocycles. The van der Waals surface area contributed by atoms with Crippen LogP contribution >= 0.6 is 0 Å². The van der Waals surface area contributed by atoms with Crippen LogP contribution in [0, 0.1) is 0 Å². The van der Waals surface area contributed by atoms with Gasteiger partial charge in [-0.05, 0) is 33.0 Å². The Bertz CT molecular complexity index is 526. The molecule has 0 N–H and O–H groups in total. The molecule has 1 heterocycles. The maximum Gasteiger partial charge on any atom is 0.374 e. The van der Waals surface area contributed by atoms with Crippen molar-refractivity contribution in [1.82, 2.24) is 4.90 Å². The molecule has 0 saturated heterocycles. The fraction of sp³-hybridized carbons (Fsp3) is 0.400. The van der Waals surface area contributed by atoms with E-state index in [2.05, 4.69) is 18.7 Å². The minimum absolute atomic E-state index is 0.258. The summed E-state index contributed by atoms with van der Waals surface area (Å²) in [6.45, 7) is 5.27. The molecule has 102 valence electrons. The first kappa shape index (κ1) is 13.6. The van der Waals surface area contributed by atoms with E-state index in [1.165, 1.54) is 0 Å². The van der Waals surface area contributed by atoms with Gasteiger partial charge < -0.3 is 14.1 Å². The van der Waals surface area contributed by atoms with Crippen LogP contribution in [0.25, 0.3) is 11.0 Å². The minimum atomic E-state index is -0.409. The second-order valence-corrected chi connectivity index (χ2v) is 4.86. The van der Waals surface area contributed by atoms with E-state index in [-0.39, 0.29) is 5.76 Å². The highest BCUT2D eigenvalue weighted by Crippen LogP contribution is 2.19. The number of hydrogen-bond acceptors (Lipinski definition) is 4. The van der Waals surface area contributed by atoms with Crippen molar-refractivity contribution in [3.63, 3.8) is 0 Å². The Balaban J connectivity index is 1.93. The SMILES string of the molecule is CC(C)N(C)CCOC(=O)c1cc2ccccc2o1. The summed E-state index contributed by atoms with van der Waals surface area (Å²) in [6, 6.07) is 9.66. The second-order valence-electron chi connectivity index (χ2n) is 4.86. The van der Waals surface area contributed by atoms with Gasteiger partial charge in [0, 0.05) is 18.0 Å². The maximum absolute atomic E-state index is 11.8. The van der Waals surface area contributed by atoms with Crippen molar-refractivity contribution < 1.29 is 13.9 Å². The molecule has 2 rings (SSSR count). The number of ether oxygens (including phenoxy) is 1. The van der Waals surface area contributed by atoms with Crippen molar-refractivity contribution >= 4 is 16.9 Å². The summed E-state index contributed by atoms with van der Waals surface area (Å²) in [4.78, 5) is 13.9. The van der Waals surface area contributed by atoms with E-state index in [4.69, 9.17) is 9.15 Å². The standard InChI is InChI=1S/C15H19NO3/c1-11(2)16(3)8-9-18-15(17)14-10-12-6-4-5-7-13(12)19-14/h4-7,10-11H,8-9H2,1-3H3. The van der Waals surface area contributed by atoms with E-state index >= 15 is 0 Å². The second kappa shape index (κ2) is 5.89. The third kappa shape index (κ3) is 3.35. The monoisotopic (exact) mass is 261 g/mol. The number of carbonyl (C=O) groups excluding carboxylic acids is 1. The van der Waals surface area contributed by atoms with Gasteiger partial charge in [-0.3, -0.25) is 0 Å². The predicted octanol–water partition coefficient (Wildman–Crippen LogP) is 2.93. The Morgan fingerprint density at radius 3 is 2.79 bits per heavy atom. The van der Waals surface area contributed by atoms with E-state index in [1.54, 1.807) is 6.07 Å². The molecule has 0 unspecified atom stereocenters. The predicted molar refractivity (Wildman–Crippen MR) is 74.3 cm³/mol. The van der Waals surface area contributed by atoms with Crippen molar-refractivity contribution in [3.05, 3.63) is 36.1 Å². The van der Waals surface area contributed by atoms with E-state index < -0.39 is 5.97 Å². The molecule has 19 heavy (non-hydrogen) atoms. The molecule has 0 atom stereocenters. The van der Waals surface area contributed by atoms with E-state index in [1.807, 2.05) is 31.3 Å². The summed E-state index contributed by atoms with van der Waals surface area (Å²) in [5.74, 6) is -0.151. The molecule has 0 amide bonds. The molecule has 0 radical (unpaired) electrons. The topological polar surface area (TPSA) is 42.7 Å². The van der Waals surface area contributed by atoms with Crippen molar-refractivity contribution in [1.29, 1.82) is 0 Å². The third-order valence-electron chi connectivity index (χ3n) is 3.19. The van der Waals surface area contributed by atoms with Crippen LogP contribution in [0.15, 0.2) is 34.7 Å². The molecule has 0 aliphatic carbocycles. The van der Waals surface area contributed by atoms with Gasteiger partial charge in [0.25, 0.3) is 0 Å². The molecule has 4 nitrogen and oxygen atoms in total. The molecular weight excluding hydrogens is 242 g/mol. The first-order valence-corrected chi connectivity index (χ1v) is 6.44. The molecule has 2 aromatic rings. The minimum Gasteiger partial charge on any atom is -0.458 e. The average molecular weight is 261 g/mol. The van der Waals surface area contributed by atoms with E-state index in [9.17, 15) is 4.79 Å². The van der Waals surface area contributed by atoms with Gasteiger partial charge in [0.05, 0.1) is 0 Å². The smallest absolute Gasteiger partial charge is 0.374 e. The van der Waals surface area contributed by atoms with E-state index in [0.717, 1.165) is 5.39 Å². The van der Waals surface area contributed by atoms with Gasteiger partial charge in [0.15, 0.2) is 0 Å². The highest BCUT2D eigenvalue weighted by Gasteiger charge is 2.13. The number of esters is 1. The number of furan rings is 1. The van der Waals surface area contributed by atoms with Crippen LogP contribution in [-0.4, -0.2) is 37.1 Å². The van der Waals surface area contributed by atoms with Crippen LogP contribution in [0.3, 0.4) is 0 Å². The Morgan fingerprint density at radius 2 is 2.11 bits per heavy atom. The highest BCUT2D eigenvalue weighted by molar-refractivity contribution is 5.92. The quantitative estimate of drug-likeness (QED) is 0.776. The molecule has 1 aromatic heterocycles. The van der Waals surface area contributed by atoms with Crippen molar-refractivity contribution in [2.75, 3.05) is 20.2 Å². The number of benzene rings is 1. The van der Waals surface area contributed by atoms with E-state index in [0.29, 0.717) is 24.8 Å². The Kier molecular flexibility index (Phi) is 4.22. The number of para-hydroxylation sites is 1. The molecule has 0 aliphatic heterocycles. The molecule has 4 heteroatoms. The third-order valence-corrected chi connectivity index (χ3v) is 3.19. The van der Waals surface area contributed by atoms with Crippen molar-refractivity contribution in [3.8, 4) is 0 Å². The molecule has 0 bridgehead atoms. The van der Waals surface area contributed by atoms with Gasteiger partial charge >= 0.3 is 5.97 Å². The molecule has 0 aliphatic rings. The normalized spacial score (nSPS) is 11.4. The number of carbonyl (C=O) groups is 1. The Hall–Kier alpha value is -1.81. The largest absolute Gasteiger partial charge is 0.458 e. The average Bonchev–Trinajstić information content (AvgIpc) is 2.82. The maximum atomic E-state index is 11.8. The number of nitrogens with zero attached hydrogens (tertiary/aromatic N) is 1. The van der Waals surface area contributed by atoms with Gasteiger partial charge in [-0.15, -0.1) is 0 Å². The Labute approximate surface area is 112 Å². The fourth-order valence-electron chi connectivity index (χ4n) is 1.69. The van der Waals surface area contributed by atoms with Gasteiger partial charge in [-0.2, -0.15) is 0 Å². The van der Waals surface area contributed by atoms with Crippen molar-refractivity contribution in [2.24, 2.45) is 0 Å². The van der Waals surface area contributed by atoms with Gasteiger partial charge in [-0.25, -0.2) is 4.79 Å². The zero-order chi connectivity index (χ0) is 13.8. The molecular formula is C15H19NO3. The van der Waals surface area contributed by atoms with Gasteiger partial charge in [0.2, 0.25) is 5.76 Å². The number of hydrogen-bond donors (Lipinski definition) is 0. The first-order chi connectivity index (χ1) is 9.08. The van der Waals surface area contributed by atoms with Gasteiger partial charge in [-0.1, -0.05) is 18.2 Å². The zero-order valence-electron chi connectivity index (χ0n) is 11.6. The Morgan fingerprint density at radius 1 is 1.37 bits per heavy atom. The number of rotatable bonds is 5. The lowest BCUT2D eigenvalue weighted by Crippen LogP contribution is -2.30. The zero-order valence-corrected chi connectivity index (χ0v) is 11.6. The van der Waals surface area contributed by atoms with Gasteiger partial charge in [0.1, 0.15) is 12.2 Å². The molecule has 0 spiro atoms. The lowest BCUT2D eigenvalue weighted by molar-refractivity contribution is 0.0428. The highest BCUT2D eigenvalue weighted by atomic mass is 16.5. The van der Waals surface area contributed by atoms with Crippen molar-refractivity contribution in [2.45, 2.75) is 19.9 Å². The summed E-state index contributed by atoms with van der Waals surface area (Å²) in [7, 11) is 2.00. The number of fused-ring (bicyclic) bond motifs is 1. The summed E-state index contributed by atoms with van der Waals surface area (Å²) >= 11 is 0. The van der Waals surface area contributed by atoms with Crippen LogP contribution in [0.4, 0.5) is 0 Å². The fourth-order valence-corrected chi connectivity index (χ4v) is 1.69. The molecule has 1 aromatic carbocycles. The summed E-state index contributed by atoms with van der Waals surface area (Å²) in [5, 5.41) is 0.911. The first-order valence-electron chi connectivity index (χ1n) is 6.44. The van der Waals surface area contributed by atoms with Crippen LogP contribution in [0.2, 0.25) is 0 Å². The van der Waals surface area contributed by atoms with Crippen LogP contribution in [0.5, 0.6) is 0 Å². The lowest BCUT2D eigenvalue weighted by atomic mass is 10.2. The summed E-state index contributed by atoms with van der Waals surface area (Å²) in [6.07, 6.45) is 0. The molecule has 0 fully saturated rings. The van der Waals surface area contributed by atoms with Crippen LogP contribution in [0.1, 0.15) is 24.4 Å². The van der Waals surface area contributed by atoms with Crippen LogP contribution < -0.4 is 0 Å². The summed E-state index contributed by atoms with van der Waals surface area (Å²) in [5.41, 5.74) is 0.703. The van der Waals surface area contributed by atoms with Crippen LogP contribution in [-0.2, 0) is 4.74 Å². The number of likely N-dealkylation sites (N-methyl/N-ethyl adjacent to an activating group) is 1. The summed E-state index contributed by atoms with van der Waals surface area (Å²) < 4.78 is 10.7.